The molecule has 0 bridgehead atoms. The van der Waals surface area contributed by atoms with Crippen LogP contribution in [0.15, 0.2) is 24.5 Å². The third-order valence-electron chi connectivity index (χ3n) is 2.97. The van der Waals surface area contributed by atoms with E-state index in [1.165, 1.54) is 13.3 Å². The van der Waals surface area contributed by atoms with Crippen molar-refractivity contribution in [1.82, 2.24) is 9.88 Å². The highest BCUT2D eigenvalue weighted by molar-refractivity contribution is 5.94. The quantitative estimate of drug-likeness (QED) is 0.658. The molecule has 2 N–H and O–H groups in total. The monoisotopic (exact) mass is 250 g/mol. The van der Waals surface area contributed by atoms with E-state index < -0.39 is 0 Å². The molecule has 6 heteroatoms. The minimum atomic E-state index is -0.329. The molecule has 96 valence electrons. The van der Waals surface area contributed by atoms with E-state index >= 15 is 0 Å². The van der Waals surface area contributed by atoms with Crippen LogP contribution in [0, 0.1) is 0 Å². The highest BCUT2D eigenvalue weighted by atomic mass is 16.5. The minimum Gasteiger partial charge on any atom is -0.465 e. The van der Waals surface area contributed by atoms with Gasteiger partial charge in [-0.2, -0.15) is 0 Å². The number of piperazine rings is 1. The second-order valence-corrected chi connectivity index (χ2v) is 4.15. The van der Waals surface area contributed by atoms with Crippen molar-refractivity contribution in [1.29, 1.82) is 0 Å². The molecule has 18 heavy (non-hydrogen) atoms. The standard InChI is InChI=1S/C12H15N3O3/c1-18-12(17)10-8-15(6-5-14-10)11(16)9-3-2-4-13-7-9/h2-4,7,10,14H,5-6,8H2,1H3/p+1/t10-/m1/s1. The van der Waals surface area contributed by atoms with E-state index in [1.807, 2.05) is 5.32 Å². The Morgan fingerprint density at radius 2 is 2.39 bits per heavy atom. The van der Waals surface area contributed by atoms with Crippen molar-refractivity contribution < 1.29 is 19.6 Å². The Hall–Kier alpha value is -1.95. The lowest BCUT2D eigenvalue weighted by atomic mass is 10.1. The number of hydrogen-bond donors (Lipinski definition) is 1. The Morgan fingerprint density at radius 3 is 3.06 bits per heavy atom. The Kier molecular flexibility index (Phi) is 3.88. The van der Waals surface area contributed by atoms with Gasteiger partial charge in [0, 0.05) is 12.4 Å². The van der Waals surface area contributed by atoms with Crippen LogP contribution in [0.1, 0.15) is 10.4 Å². The molecule has 2 rings (SSSR count). The van der Waals surface area contributed by atoms with Crippen LogP contribution in [0.2, 0.25) is 0 Å². The lowest BCUT2D eigenvalue weighted by molar-refractivity contribution is -0.685. The molecular weight excluding hydrogens is 234 g/mol. The van der Waals surface area contributed by atoms with Gasteiger partial charge in [0.15, 0.2) is 0 Å². The maximum atomic E-state index is 12.2. The molecule has 1 aliphatic heterocycles. The smallest absolute Gasteiger partial charge is 0.366 e. The molecule has 1 saturated heterocycles. The molecule has 1 amide bonds. The molecule has 6 nitrogen and oxygen atoms in total. The highest BCUT2D eigenvalue weighted by Gasteiger charge is 2.32. The number of hydrogen-bond acceptors (Lipinski definition) is 4. The maximum absolute atomic E-state index is 12.2. The first-order chi connectivity index (χ1) is 8.72. The molecule has 0 spiro atoms. The fourth-order valence-corrected chi connectivity index (χ4v) is 2.01. The predicted molar refractivity (Wildman–Crippen MR) is 62.7 cm³/mol. The van der Waals surface area contributed by atoms with Gasteiger partial charge >= 0.3 is 5.97 Å². The lowest BCUT2D eigenvalue weighted by Gasteiger charge is -2.29. The minimum absolute atomic E-state index is 0.0925. The summed E-state index contributed by atoms with van der Waals surface area (Å²) in [5.74, 6) is -0.385. The van der Waals surface area contributed by atoms with E-state index in [9.17, 15) is 9.59 Å². The summed E-state index contributed by atoms with van der Waals surface area (Å²) in [7, 11) is 1.36. The number of carbonyl (C=O) groups excluding carboxylic acids is 2. The molecule has 0 saturated carbocycles. The Morgan fingerprint density at radius 1 is 1.56 bits per heavy atom. The van der Waals surface area contributed by atoms with Crippen LogP contribution in [0.5, 0.6) is 0 Å². The topological polar surface area (TPSA) is 76.1 Å². The van der Waals surface area contributed by atoms with Gasteiger partial charge in [0.25, 0.3) is 5.91 Å². The molecule has 1 atom stereocenters. The number of nitrogens with zero attached hydrogens (tertiary/aromatic N) is 2. The van der Waals surface area contributed by atoms with Crippen molar-refractivity contribution in [3.8, 4) is 0 Å². The van der Waals surface area contributed by atoms with E-state index in [2.05, 4.69) is 4.98 Å². The molecule has 0 radical (unpaired) electrons. The normalized spacial score (nSPS) is 19.4. The first kappa shape index (κ1) is 12.5. The number of rotatable bonds is 2. The van der Waals surface area contributed by atoms with E-state index in [4.69, 9.17) is 4.74 Å². The summed E-state index contributed by atoms with van der Waals surface area (Å²) in [6.45, 7) is 1.70. The maximum Gasteiger partial charge on any atom is 0.366 e. The van der Waals surface area contributed by atoms with Gasteiger partial charge in [-0.3, -0.25) is 9.78 Å². The van der Waals surface area contributed by atoms with E-state index in [0.717, 1.165) is 0 Å². The Balaban J connectivity index is 2.05. The van der Waals surface area contributed by atoms with Gasteiger partial charge in [-0.05, 0) is 12.1 Å². The van der Waals surface area contributed by atoms with Crippen LogP contribution in [0.3, 0.4) is 0 Å². The van der Waals surface area contributed by atoms with E-state index in [1.54, 1.807) is 23.2 Å². The fraction of sp³-hybridized carbons (Fsp3) is 0.417. The molecule has 0 aromatic carbocycles. The van der Waals surface area contributed by atoms with Crippen molar-refractivity contribution in [2.75, 3.05) is 26.7 Å². The van der Waals surface area contributed by atoms with Crippen LogP contribution in [0.25, 0.3) is 0 Å². The van der Waals surface area contributed by atoms with Gasteiger partial charge in [0.05, 0.1) is 32.3 Å². The number of aromatic nitrogens is 1. The molecule has 1 aromatic rings. The van der Waals surface area contributed by atoms with Crippen LogP contribution in [-0.4, -0.2) is 54.5 Å². The molecule has 0 aliphatic carbocycles. The van der Waals surface area contributed by atoms with E-state index in [-0.39, 0.29) is 17.9 Å². The average molecular weight is 250 g/mol. The zero-order valence-electron chi connectivity index (χ0n) is 10.2. The Bertz CT molecular complexity index is 435. The predicted octanol–water partition coefficient (Wildman–Crippen LogP) is -1.36. The van der Waals surface area contributed by atoms with Gasteiger partial charge in [-0.1, -0.05) is 0 Å². The van der Waals surface area contributed by atoms with Crippen molar-refractivity contribution in [3.05, 3.63) is 30.1 Å². The zero-order valence-corrected chi connectivity index (χ0v) is 10.2. The number of amides is 1. The molecular formula is C12H16N3O3+. The van der Waals surface area contributed by atoms with Crippen molar-refractivity contribution in [2.24, 2.45) is 0 Å². The van der Waals surface area contributed by atoms with Gasteiger partial charge < -0.3 is 15.0 Å². The number of ether oxygens (including phenoxy) is 1. The van der Waals surface area contributed by atoms with Crippen LogP contribution < -0.4 is 5.32 Å². The molecule has 2 heterocycles. The summed E-state index contributed by atoms with van der Waals surface area (Å²) in [6.07, 6.45) is 3.16. The van der Waals surface area contributed by atoms with Crippen molar-refractivity contribution >= 4 is 11.9 Å². The second-order valence-electron chi connectivity index (χ2n) is 4.15. The first-order valence-electron chi connectivity index (χ1n) is 5.83. The summed E-state index contributed by atoms with van der Waals surface area (Å²) in [6, 6.07) is 3.12. The number of nitrogens with two attached hydrogens (primary N) is 1. The van der Waals surface area contributed by atoms with E-state index in [0.29, 0.717) is 25.2 Å². The third-order valence-corrected chi connectivity index (χ3v) is 2.97. The molecule has 1 aromatic heterocycles. The van der Waals surface area contributed by atoms with Crippen LogP contribution >= 0.6 is 0 Å². The number of methoxy groups -OCH3 is 1. The summed E-state index contributed by atoms with van der Waals surface area (Å²) >= 11 is 0. The van der Waals surface area contributed by atoms with Gasteiger partial charge in [-0.15, -0.1) is 0 Å². The number of pyridine rings is 1. The summed E-state index contributed by atoms with van der Waals surface area (Å²) in [5.41, 5.74) is 0.544. The first-order valence-corrected chi connectivity index (χ1v) is 5.83. The number of carbonyl (C=O) groups is 2. The highest BCUT2D eigenvalue weighted by Crippen LogP contribution is 2.05. The van der Waals surface area contributed by atoms with Crippen molar-refractivity contribution in [3.63, 3.8) is 0 Å². The summed E-state index contributed by atoms with van der Waals surface area (Å²) in [4.78, 5) is 29.2. The molecule has 1 fully saturated rings. The molecule has 1 aliphatic rings. The average Bonchev–Trinajstić information content (AvgIpc) is 2.46. The summed E-state index contributed by atoms with van der Waals surface area (Å²) in [5, 5.41) is 1.90. The van der Waals surface area contributed by atoms with Crippen LogP contribution in [0.4, 0.5) is 0 Å². The number of esters is 1. The summed E-state index contributed by atoms with van der Waals surface area (Å²) < 4.78 is 4.70. The second kappa shape index (κ2) is 5.59. The van der Waals surface area contributed by atoms with Gasteiger partial charge in [0.1, 0.15) is 0 Å². The SMILES string of the molecule is COC(=O)[C@H]1CN(C(=O)c2cccnc2)CC[NH2+]1. The van der Waals surface area contributed by atoms with Gasteiger partial charge in [-0.25, -0.2) is 4.79 Å². The Labute approximate surface area is 105 Å². The van der Waals surface area contributed by atoms with Crippen molar-refractivity contribution in [2.45, 2.75) is 6.04 Å². The largest absolute Gasteiger partial charge is 0.465 e. The third kappa shape index (κ3) is 2.65. The number of quaternary nitrogens is 1. The zero-order chi connectivity index (χ0) is 13.0. The fourth-order valence-electron chi connectivity index (χ4n) is 2.01. The lowest BCUT2D eigenvalue weighted by Crippen LogP contribution is -2.97. The van der Waals surface area contributed by atoms with Crippen LogP contribution in [-0.2, 0) is 9.53 Å². The molecule has 0 unspecified atom stereocenters. The van der Waals surface area contributed by atoms with Gasteiger partial charge in [0.2, 0.25) is 6.04 Å².